The number of halogens is 4. The van der Waals surface area contributed by atoms with Crippen LogP contribution in [0.4, 0.5) is 23.2 Å². The van der Waals surface area contributed by atoms with Crippen LogP contribution in [0.1, 0.15) is 11.3 Å². The average molecular weight is 491 g/mol. The highest BCUT2D eigenvalue weighted by molar-refractivity contribution is 7.99. The van der Waals surface area contributed by atoms with Gasteiger partial charge in [0.25, 0.3) is 0 Å². The molecule has 0 bridgehead atoms. The molecule has 0 aliphatic carbocycles. The fourth-order valence-corrected chi connectivity index (χ4v) is 4.54. The fraction of sp³-hybridized carbons (Fsp3) is 0.292. The quantitative estimate of drug-likeness (QED) is 0.285. The Labute approximate surface area is 198 Å². The molecule has 178 valence electrons. The van der Waals surface area contributed by atoms with Crippen molar-refractivity contribution in [2.75, 3.05) is 36.8 Å². The number of nitrogens with zero attached hydrogens (tertiary/aromatic N) is 4. The lowest BCUT2D eigenvalue weighted by molar-refractivity contribution is -0.137. The molecule has 34 heavy (non-hydrogen) atoms. The van der Waals surface area contributed by atoms with Crippen LogP contribution in [0.2, 0.25) is 0 Å². The summed E-state index contributed by atoms with van der Waals surface area (Å²) in [5.74, 6) is 0.149. The Morgan fingerprint density at radius 2 is 1.68 bits per heavy atom. The molecule has 2 heterocycles. The molecule has 0 spiro atoms. The van der Waals surface area contributed by atoms with E-state index in [4.69, 9.17) is 0 Å². The van der Waals surface area contributed by atoms with E-state index in [9.17, 15) is 22.4 Å². The third kappa shape index (κ3) is 5.67. The van der Waals surface area contributed by atoms with E-state index >= 15 is 0 Å². The second-order valence-electron chi connectivity index (χ2n) is 7.85. The van der Waals surface area contributed by atoms with Crippen LogP contribution >= 0.6 is 11.8 Å². The van der Waals surface area contributed by atoms with Gasteiger partial charge in [-0.1, -0.05) is 36.0 Å². The number of benzene rings is 2. The maximum Gasteiger partial charge on any atom is 0.416 e. The average Bonchev–Trinajstić information content (AvgIpc) is 2.82. The maximum absolute atomic E-state index is 14.0. The number of carbonyl (C=O) groups excluding carboxylic acids is 1. The highest BCUT2D eigenvalue weighted by Gasteiger charge is 2.30. The van der Waals surface area contributed by atoms with E-state index in [1.54, 1.807) is 36.1 Å². The largest absolute Gasteiger partial charge is 0.416 e. The molecule has 0 N–H and O–H groups in total. The molecule has 0 radical (unpaired) electrons. The Morgan fingerprint density at radius 1 is 1.00 bits per heavy atom. The standard InChI is InChI=1S/C24H22F4N4OS/c1-16-14-21(30-23(29-16)17-6-8-18(9-7-17)24(26,27)28)34-15-22(33)32-12-10-31(11-13-32)20-5-3-2-4-19(20)25/h2-9,14H,10-13,15H2,1H3. The number of aromatic nitrogens is 2. The lowest BCUT2D eigenvalue weighted by Crippen LogP contribution is -2.49. The van der Waals surface area contributed by atoms with E-state index in [1.165, 1.54) is 30.0 Å². The van der Waals surface area contributed by atoms with E-state index in [2.05, 4.69) is 9.97 Å². The fourth-order valence-electron chi connectivity index (χ4n) is 3.68. The topological polar surface area (TPSA) is 49.3 Å². The van der Waals surface area contributed by atoms with Crippen molar-refractivity contribution in [3.63, 3.8) is 0 Å². The molecule has 1 amide bonds. The summed E-state index contributed by atoms with van der Waals surface area (Å²) in [5, 5.41) is 0.570. The number of anilines is 1. The molecule has 1 saturated heterocycles. The van der Waals surface area contributed by atoms with Gasteiger partial charge < -0.3 is 9.80 Å². The molecule has 0 saturated carbocycles. The van der Waals surface area contributed by atoms with Gasteiger partial charge in [0.05, 0.1) is 17.0 Å². The van der Waals surface area contributed by atoms with Crippen LogP contribution in [0.25, 0.3) is 11.4 Å². The van der Waals surface area contributed by atoms with Crippen LogP contribution in [0, 0.1) is 12.7 Å². The van der Waals surface area contributed by atoms with Gasteiger partial charge in [0.2, 0.25) is 5.91 Å². The van der Waals surface area contributed by atoms with Gasteiger partial charge >= 0.3 is 6.18 Å². The lowest BCUT2D eigenvalue weighted by atomic mass is 10.1. The minimum atomic E-state index is -4.41. The van der Waals surface area contributed by atoms with Gasteiger partial charge in [0.1, 0.15) is 10.8 Å². The molecule has 0 atom stereocenters. The number of rotatable bonds is 5. The summed E-state index contributed by atoms with van der Waals surface area (Å²) in [5.41, 5.74) is 0.919. The number of amides is 1. The van der Waals surface area contributed by atoms with Gasteiger partial charge in [-0.25, -0.2) is 14.4 Å². The summed E-state index contributed by atoms with van der Waals surface area (Å²) in [6.07, 6.45) is -4.41. The smallest absolute Gasteiger partial charge is 0.366 e. The van der Waals surface area contributed by atoms with Crippen molar-refractivity contribution in [3.05, 3.63) is 71.7 Å². The Balaban J connectivity index is 1.36. The zero-order valence-corrected chi connectivity index (χ0v) is 19.2. The van der Waals surface area contributed by atoms with Crippen LogP contribution in [0.5, 0.6) is 0 Å². The van der Waals surface area contributed by atoms with Crippen LogP contribution < -0.4 is 4.90 Å². The van der Waals surface area contributed by atoms with E-state index < -0.39 is 11.7 Å². The molecule has 1 aliphatic rings. The van der Waals surface area contributed by atoms with E-state index in [0.29, 0.717) is 54.0 Å². The van der Waals surface area contributed by atoms with Crippen molar-refractivity contribution in [1.82, 2.24) is 14.9 Å². The first-order valence-corrected chi connectivity index (χ1v) is 11.6. The number of carbonyl (C=O) groups is 1. The van der Waals surface area contributed by atoms with Crippen molar-refractivity contribution in [3.8, 4) is 11.4 Å². The van der Waals surface area contributed by atoms with Crippen LogP contribution in [-0.4, -0.2) is 52.7 Å². The molecule has 3 aromatic rings. The van der Waals surface area contributed by atoms with Gasteiger partial charge in [-0.05, 0) is 37.3 Å². The summed E-state index contributed by atoms with van der Waals surface area (Å²) < 4.78 is 52.5. The van der Waals surface area contributed by atoms with Crippen molar-refractivity contribution in [2.24, 2.45) is 0 Å². The Hall–Kier alpha value is -3.14. The minimum Gasteiger partial charge on any atom is -0.366 e. The third-order valence-electron chi connectivity index (χ3n) is 5.47. The molecule has 1 aliphatic heterocycles. The van der Waals surface area contributed by atoms with Crippen molar-refractivity contribution in [2.45, 2.75) is 18.1 Å². The molecule has 2 aromatic carbocycles. The first-order valence-electron chi connectivity index (χ1n) is 10.6. The Kier molecular flexibility index (Phi) is 7.06. The van der Waals surface area contributed by atoms with Crippen molar-refractivity contribution in [1.29, 1.82) is 0 Å². The molecule has 0 unspecified atom stereocenters. The predicted octanol–water partition coefficient (Wildman–Crippen LogP) is 5.05. The maximum atomic E-state index is 14.0. The highest BCUT2D eigenvalue weighted by Crippen LogP contribution is 2.31. The summed E-state index contributed by atoms with van der Waals surface area (Å²) in [7, 11) is 0. The molecule has 1 aromatic heterocycles. The monoisotopic (exact) mass is 490 g/mol. The predicted molar refractivity (Wildman–Crippen MR) is 123 cm³/mol. The van der Waals surface area contributed by atoms with Crippen molar-refractivity contribution >= 4 is 23.4 Å². The number of piperazine rings is 1. The molecule has 5 nitrogen and oxygen atoms in total. The molecule has 4 rings (SSSR count). The number of aryl methyl sites for hydroxylation is 1. The number of para-hydroxylation sites is 1. The zero-order valence-electron chi connectivity index (χ0n) is 18.3. The van der Waals surface area contributed by atoms with E-state index in [1.807, 2.05) is 4.90 Å². The van der Waals surface area contributed by atoms with E-state index in [0.717, 1.165) is 12.1 Å². The Morgan fingerprint density at radius 3 is 2.32 bits per heavy atom. The number of hydrogen-bond donors (Lipinski definition) is 0. The normalized spacial score (nSPS) is 14.4. The minimum absolute atomic E-state index is 0.0504. The third-order valence-corrected chi connectivity index (χ3v) is 6.37. The second-order valence-corrected chi connectivity index (χ2v) is 8.85. The van der Waals surface area contributed by atoms with Crippen LogP contribution in [0.3, 0.4) is 0 Å². The van der Waals surface area contributed by atoms with Gasteiger partial charge in [-0.15, -0.1) is 0 Å². The molecule has 10 heteroatoms. The summed E-state index contributed by atoms with van der Waals surface area (Å²) in [6, 6.07) is 13.0. The molecule has 1 fully saturated rings. The molecular formula is C24H22F4N4OS. The number of thioether (sulfide) groups is 1. The summed E-state index contributed by atoms with van der Waals surface area (Å²) in [6.45, 7) is 3.84. The van der Waals surface area contributed by atoms with Crippen molar-refractivity contribution < 1.29 is 22.4 Å². The Bertz CT molecular complexity index is 1160. The highest BCUT2D eigenvalue weighted by atomic mass is 32.2. The zero-order chi connectivity index (χ0) is 24.3. The first kappa shape index (κ1) is 24.0. The molecular weight excluding hydrogens is 468 g/mol. The summed E-state index contributed by atoms with van der Waals surface area (Å²) >= 11 is 1.26. The van der Waals surface area contributed by atoms with Crippen LogP contribution in [0.15, 0.2) is 59.6 Å². The SMILES string of the molecule is Cc1cc(SCC(=O)N2CCN(c3ccccc3F)CC2)nc(-c2ccc(C(F)(F)F)cc2)n1. The van der Waals surface area contributed by atoms with Gasteiger partial charge in [0, 0.05) is 37.4 Å². The first-order chi connectivity index (χ1) is 16.2. The van der Waals surface area contributed by atoms with E-state index in [-0.39, 0.29) is 17.5 Å². The van der Waals surface area contributed by atoms with Crippen LogP contribution in [-0.2, 0) is 11.0 Å². The second kappa shape index (κ2) is 10.0. The number of hydrogen-bond acceptors (Lipinski definition) is 5. The lowest BCUT2D eigenvalue weighted by Gasteiger charge is -2.36. The van der Waals surface area contributed by atoms with Gasteiger partial charge in [-0.2, -0.15) is 13.2 Å². The van der Waals surface area contributed by atoms with Gasteiger partial charge in [-0.3, -0.25) is 4.79 Å². The number of alkyl halides is 3. The summed E-state index contributed by atoms with van der Waals surface area (Å²) in [4.78, 5) is 25.1. The van der Waals surface area contributed by atoms with Gasteiger partial charge in [0.15, 0.2) is 5.82 Å².